The zero-order valence-corrected chi connectivity index (χ0v) is 8.69. The van der Waals surface area contributed by atoms with Gasteiger partial charge in [-0.25, -0.2) is 0 Å². The third-order valence-electron chi connectivity index (χ3n) is 2.37. The monoisotopic (exact) mass is 204 g/mol. The van der Waals surface area contributed by atoms with Crippen LogP contribution in [0.4, 0.5) is 0 Å². The van der Waals surface area contributed by atoms with Crippen molar-refractivity contribution >= 4 is 0 Å². The molecule has 0 heterocycles. The van der Waals surface area contributed by atoms with Gasteiger partial charge in [0.15, 0.2) is 0 Å². The van der Waals surface area contributed by atoms with Crippen LogP contribution in [-0.2, 0) is 5.60 Å². The molecule has 1 aromatic rings. The molecule has 2 nitrogen and oxygen atoms in total. The average molecular weight is 204 g/mol. The first-order valence-corrected chi connectivity index (χ1v) is 4.86. The molecule has 0 unspecified atom stereocenters. The number of phenolic OH excluding ortho intramolecular Hbond substituents is 1. The number of hydrogen-bond acceptors (Lipinski definition) is 2. The molecular weight excluding hydrogens is 188 g/mol. The van der Waals surface area contributed by atoms with E-state index in [1.165, 1.54) is 0 Å². The molecule has 0 aromatic heterocycles. The molecule has 0 saturated carbocycles. The standard InChI is InChI=1S/C13H16O2/c1-3-9-13(15,10-4-2)11-5-7-12(14)8-6-11/h3-8,14-15H,1-2,9-10H2. The Morgan fingerprint density at radius 3 is 1.93 bits per heavy atom. The van der Waals surface area contributed by atoms with E-state index in [1.54, 1.807) is 36.4 Å². The zero-order valence-electron chi connectivity index (χ0n) is 8.69. The third-order valence-corrected chi connectivity index (χ3v) is 2.37. The maximum Gasteiger partial charge on any atom is 0.115 e. The topological polar surface area (TPSA) is 40.5 Å². The number of aliphatic hydroxyl groups is 1. The van der Waals surface area contributed by atoms with Crippen molar-refractivity contribution in [1.29, 1.82) is 0 Å². The lowest BCUT2D eigenvalue weighted by molar-refractivity contribution is 0.0429. The fraction of sp³-hybridized carbons (Fsp3) is 0.231. The summed E-state index contributed by atoms with van der Waals surface area (Å²) in [5.74, 6) is 0.193. The van der Waals surface area contributed by atoms with E-state index in [1.807, 2.05) is 0 Å². The van der Waals surface area contributed by atoms with Gasteiger partial charge in [-0.1, -0.05) is 24.3 Å². The van der Waals surface area contributed by atoms with Crippen LogP contribution in [0.15, 0.2) is 49.6 Å². The Bertz CT molecular complexity index is 328. The van der Waals surface area contributed by atoms with E-state index in [4.69, 9.17) is 5.11 Å². The Kier molecular flexibility index (Phi) is 3.69. The quantitative estimate of drug-likeness (QED) is 0.724. The van der Waals surface area contributed by atoms with Crippen molar-refractivity contribution < 1.29 is 10.2 Å². The van der Waals surface area contributed by atoms with Crippen molar-refractivity contribution in [3.63, 3.8) is 0 Å². The molecule has 0 spiro atoms. The number of aromatic hydroxyl groups is 1. The molecule has 0 bridgehead atoms. The van der Waals surface area contributed by atoms with Crippen molar-refractivity contribution in [1.82, 2.24) is 0 Å². The molecule has 0 aliphatic rings. The average Bonchev–Trinajstić information content (AvgIpc) is 2.19. The van der Waals surface area contributed by atoms with Gasteiger partial charge in [-0.2, -0.15) is 0 Å². The van der Waals surface area contributed by atoms with Crippen molar-refractivity contribution in [2.45, 2.75) is 18.4 Å². The van der Waals surface area contributed by atoms with Gasteiger partial charge in [-0.3, -0.25) is 0 Å². The lowest BCUT2D eigenvalue weighted by atomic mass is 9.87. The second-order valence-electron chi connectivity index (χ2n) is 3.56. The van der Waals surface area contributed by atoms with E-state index in [0.717, 1.165) is 5.56 Å². The van der Waals surface area contributed by atoms with E-state index in [-0.39, 0.29) is 5.75 Å². The highest BCUT2D eigenvalue weighted by Crippen LogP contribution is 2.30. The first-order chi connectivity index (χ1) is 7.12. The molecule has 0 atom stereocenters. The van der Waals surface area contributed by atoms with Crippen LogP contribution in [0.5, 0.6) is 5.75 Å². The highest BCUT2D eigenvalue weighted by molar-refractivity contribution is 5.30. The Morgan fingerprint density at radius 2 is 1.53 bits per heavy atom. The van der Waals surface area contributed by atoms with Crippen LogP contribution in [0, 0.1) is 0 Å². The molecule has 0 radical (unpaired) electrons. The minimum Gasteiger partial charge on any atom is -0.508 e. The van der Waals surface area contributed by atoms with Crippen molar-refractivity contribution in [3.8, 4) is 5.75 Å². The fourth-order valence-corrected chi connectivity index (χ4v) is 1.57. The summed E-state index contributed by atoms with van der Waals surface area (Å²) in [5.41, 5.74) is -0.197. The summed E-state index contributed by atoms with van der Waals surface area (Å²) in [6, 6.07) is 6.55. The summed E-state index contributed by atoms with van der Waals surface area (Å²) in [7, 11) is 0. The molecule has 0 amide bonds. The summed E-state index contributed by atoms with van der Waals surface area (Å²) in [6.07, 6.45) is 4.28. The third kappa shape index (κ3) is 2.70. The summed E-state index contributed by atoms with van der Waals surface area (Å²) in [4.78, 5) is 0. The van der Waals surface area contributed by atoms with Gasteiger partial charge in [0.05, 0.1) is 5.60 Å². The predicted octanol–water partition coefficient (Wildman–Crippen LogP) is 2.73. The van der Waals surface area contributed by atoms with Gasteiger partial charge in [0.25, 0.3) is 0 Å². The smallest absolute Gasteiger partial charge is 0.115 e. The molecule has 0 aliphatic carbocycles. The Balaban J connectivity index is 3.02. The van der Waals surface area contributed by atoms with Crippen LogP contribution < -0.4 is 0 Å². The van der Waals surface area contributed by atoms with Crippen molar-refractivity contribution in [2.24, 2.45) is 0 Å². The van der Waals surface area contributed by atoms with Gasteiger partial charge in [0.2, 0.25) is 0 Å². The Hall–Kier alpha value is -1.54. The maximum absolute atomic E-state index is 10.3. The van der Waals surface area contributed by atoms with Crippen molar-refractivity contribution in [3.05, 3.63) is 55.1 Å². The lowest BCUT2D eigenvalue weighted by Gasteiger charge is -2.26. The van der Waals surface area contributed by atoms with Gasteiger partial charge < -0.3 is 10.2 Å². The number of benzene rings is 1. The van der Waals surface area contributed by atoms with Crippen LogP contribution in [-0.4, -0.2) is 10.2 Å². The minimum absolute atomic E-state index is 0.193. The second-order valence-corrected chi connectivity index (χ2v) is 3.56. The molecule has 0 fully saturated rings. The summed E-state index contributed by atoms with van der Waals surface area (Å²) in [5, 5.41) is 19.5. The molecule has 1 rings (SSSR count). The Morgan fingerprint density at radius 1 is 1.07 bits per heavy atom. The van der Waals surface area contributed by atoms with Gasteiger partial charge in [0.1, 0.15) is 5.75 Å². The number of hydrogen-bond donors (Lipinski definition) is 2. The normalized spacial score (nSPS) is 11.0. The van der Waals surface area contributed by atoms with E-state index in [0.29, 0.717) is 12.8 Å². The zero-order chi connectivity index (χ0) is 11.3. The van der Waals surface area contributed by atoms with E-state index >= 15 is 0 Å². The molecule has 2 N–H and O–H groups in total. The first-order valence-electron chi connectivity index (χ1n) is 4.86. The van der Waals surface area contributed by atoms with Crippen molar-refractivity contribution in [2.75, 3.05) is 0 Å². The van der Waals surface area contributed by atoms with Crippen LogP contribution in [0.1, 0.15) is 18.4 Å². The SMILES string of the molecule is C=CCC(O)(CC=C)c1ccc(O)cc1. The molecule has 1 aromatic carbocycles. The molecule has 80 valence electrons. The maximum atomic E-state index is 10.3. The van der Waals surface area contributed by atoms with Crippen LogP contribution in [0.2, 0.25) is 0 Å². The predicted molar refractivity (Wildman–Crippen MR) is 61.6 cm³/mol. The van der Waals surface area contributed by atoms with Crippen LogP contribution >= 0.6 is 0 Å². The highest BCUT2D eigenvalue weighted by Gasteiger charge is 2.25. The fourth-order valence-electron chi connectivity index (χ4n) is 1.57. The van der Waals surface area contributed by atoms with E-state index in [9.17, 15) is 5.11 Å². The number of phenols is 1. The second kappa shape index (κ2) is 4.80. The van der Waals surface area contributed by atoms with Gasteiger partial charge >= 0.3 is 0 Å². The van der Waals surface area contributed by atoms with Gasteiger partial charge in [-0.05, 0) is 30.5 Å². The molecule has 2 heteroatoms. The van der Waals surface area contributed by atoms with E-state index in [2.05, 4.69) is 13.2 Å². The van der Waals surface area contributed by atoms with Gasteiger partial charge in [-0.15, -0.1) is 13.2 Å². The van der Waals surface area contributed by atoms with Gasteiger partial charge in [0, 0.05) is 0 Å². The van der Waals surface area contributed by atoms with E-state index < -0.39 is 5.60 Å². The molecule has 15 heavy (non-hydrogen) atoms. The summed E-state index contributed by atoms with van der Waals surface area (Å²) >= 11 is 0. The van der Waals surface area contributed by atoms with Crippen LogP contribution in [0.25, 0.3) is 0 Å². The Labute approximate surface area is 90.2 Å². The highest BCUT2D eigenvalue weighted by atomic mass is 16.3. The molecular formula is C13H16O2. The lowest BCUT2D eigenvalue weighted by Crippen LogP contribution is -2.23. The number of rotatable bonds is 5. The molecule has 0 saturated heterocycles. The first kappa shape index (κ1) is 11.5. The van der Waals surface area contributed by atoms with Crippen LogP contribution in [0.3, 0.4) is 0 Å². The minimum atomic E-state index is -0.961. The largest absolute Gasteiger partial charge is 0.508 e. The summed E-state index contributed by atoms with van der Waals surface area (Å²) in [6.45, 7) is 7.25. The summed E-state index contributed by atoms with van der Waals surface area (Å²) < 4.78 is 0. The molecule has 0 aliphatic heterocycles.